The third-order valence-corrected chi connectivity index (χ3v) is 8.41. The van der Waals surface area contributed by atoms with Crippen LogP contribution in [0.1, 0.15) is 52.0 Å². The Morgan fingerprint density at radius 3 is 1.98 bits per heavy atom. The molecule has 0 aliphatic carbocycles. The molecule has 0 spiro atoms. The van der Waals surface area contributed by atoms with Gasteiger partial charge in [-0.05, 0) is 49.6 Å². The fourth-order valence-corrected chi connectivity index (χ4v) is 6.24. The summed E-state index contributed by atoms with van der Waals surface area (Å²) in [5, 5.41) is 2.48. The Hall–Kier alpha value is -3.76. The van der Waals surface area contributed by atoms with Crippen LogP contribution >= 0.6 is 0 Å². The number of sulfonamides is 1. The highest BCUT2D eigenvalue weighted by Gasteiger charge is 2.41. The molecule has 40 heavy (non-hydrogen) atoms. The van der Waals surface area contributed by atoms with Crippen molar-refractivity contribution in [2.75, 3.05) is 23.7 Å². The first kappa shape index (κ1) is 29.2. The first-order valence-corrected chi connectivity index (χ1v) is 15.0. The Morgan fingerprint density at radius 1 is 1.00 bits per heavy atom. The molecule has 3 aromatic rings. The number of nitrogens with zero attached hydrogens (tertiary/aromatic N) is 2. The molecule has 2 amide bonds. The van der Waals surface area contributed by atoms with E-state index in [9.17, 15) is 22.4 Å². The number of nitrogens with one attached hydrogen (secondary N) is 1. The van der Waals surface area contributed by atoms with E-state index in [-0.39, 0.29) is 23.7 Å². The van der Waals surface area contributed by atoms with Crippen molar-refractivity contribution in [3.63, 3.8) is 0 Å². The lowest BCUT2D eigenvalue weighted by atomic mass is 9.92. The predicted octanol–water partition coefficient (Wildman–Crippen LogP) is 3.68. The van der Waals surface area contributed by atoms with Gasteiger partial charge in [0.2, 0.25) is 15.9 Å². The molecule has 0 saturated carbocycles. The van der Waals surface area contributed by atoms with Gasteiger partial charge in [0.1, 0.15) is 11.9 Å². The molecular weight excluding hydrogens is 531 g/mol. The second kappa shape index (κ2) is 11.8. The number of likely N-dealkylation sites (tertiary alicyclic amines) is 1. The molecule has 0 bridgehead atoms. The lowest BCUT2D eigenvalue weighted by Crippen LogP contribution is -2.61. The quantitative estimate of drug-likeness (QED) is 0.389. The van der Waals surface area contributed by atoms with Crippen LogP contribution in [0.15, 0.2) is 66.7 Å². The van der Waals surface area contributed by atoms with Crippen LogP contribution in [0, 0.1) is 19.7 Å². The Morgan fingerprint density at radius 2 is 1.52 bits per heavy atom. The van der Waals surface area contributed by atoms with Crippen LogP contribution in [0.2, 0.25) is 0 Å². The van der Waals surface area contributed by atoms with Gasteiger partial charge in [-0.2, -0.15) is 0 Å². The maximum Gasteiger partial charge on any atom is 0.252 e. The number of halogens is 1. The molecule has 1 atom stereocenters. The minimum absolute atomic E-state index is 0.0478. The van der Waals surface area contributed by atoms with Crippen molar-refractivity contribution >= 4 is 27.5 Å². The zero-order chi connectivity index (χ0) is 29.2. The molecule has 3 N–H and O–H groups in total. The highest BCUT2D eigenvalue weighted by molar-refractivity contribution is 7.92. The predicted molar refractivity (Wildman–Crippen MR) is 154 cm³/mol. The number of hydrogen-bond acceptors (Lipinski definition) is 5. The van der Waals surface area contributed by atoms with E-state index in [0.29, 0.717) is 13.1 Å². The summed E-state index contributed by atoms with van der Waals surface area (Å²) in [4.78, 5) is 26.5. The third kappa shape index (κ3) is 6.51. The Balaban J connectivity index is 1.63. The van der Waals surface area contributed by atoms with E-state index in [1.54, 1.807) is 6.92 Å². The van der Waals surface area contributed by atoms with E-state index in [2.05, 4.69) is 58.7 Å². The molecule has 8 nitrogen and oxygen atoms in total. The van der Waals surface area contributed by atoms with Gasteiger partial charge in [0.05, 0.1) is 24.0 Å². The van der Waals surface area contributed by atoms with Crippen LogP contribution in [0.5, 0.6) is 0 Å². The molecule has 1 aliphatic rings. The Labute approximate surface area is 235 Å². The van der Waals surface area contributed by atoms with Crippen molar-refractivity contribution in [2.24, 2.45) is 5.73 Å². The molecule has 3 aromatic carbocycles. The third-order valence-electron chi connectivity index (χ3n) is 7.19. The minimum Gasteiger partial charge on any atom is -0.368 e. The van der Waals surface area contributed by atoms with Crippen molar-refractivity contribution in [3.8, 4) is 0 Å². The van der Waals surface area contributed by atoms with Gasteiger partial charge >= 0.3 is 0 Å². The topological polar surface area (TPSA) is 113 Å². The smallest absolute Gasteiger partial charge is 0.252 e. The normalized spacial score (nSPS) is 14.9. The number of anilines is 1. The lowest BCUT2D eigenvalue weighted by Gasteiger charge is -2.48. The number of primary amides is 1. The number of nitrogens with two attached hydrogens (primary N) is 1. The van der Waals surface area contributed by atoms with E-state index < -0.39 is 39.7 Å². The number of rotatable bonds is 10. The number of amides is 2. The second-order valence-electron chi connectivity index (χ2n) is 10.4. The van der Waals surface area contributed by atoms with Gasteiger partial charge < -0.3 is 11.1 Å². The largest absolute Gasteiger partial charge is 0.368 e. The zero-order valence-corrected chi connectivity index (χ0v) is 23.9. The van der Waals surface area contributed by atoms with Gasteiger partial charge in [0.25, 0.3) is 5.91 Å². The van der Waals surface area contributed by atoms with Crippen molar-refractivity contribution in [2.45, 2.75) is 45.3 Å². The molecule has 1 aliphatic heterocycles. The molecule has 1 unspecified atom stereocenters. The zero-order valence-electron chi connectivity index (χ0n) is 23.1. The molecule has 10 heteroatoms. The molecule has 1 heterocycles. The van der Waals surface area contributed by atoms with E-state index in [0.717, 1.165) is 40.6 Å². The van der Waals surface area contributed by atoms with Crippen molar-refractivity contribution in [3.05, 3.63) is 100 Å². The highest BCUT2D eigenvalue weighted by Crippen LogP contribution is 2.36. The first-order chi connectivity index (χ1) is 18.9. The lowest BCUT2D eigenvalue weighted by molar-refractivity contribution is -0.119. The van der Waals surface area contributed by atoms with Crippen LogP contribution in [0.3, 0.4) is 0 Å². The summed E-state index contributed by atoms with van der Waals surface area (Å²) < 4.78 is 41.9. The fourth-order valence-electron chi connectivity index (χ4n) is 5.08. The molecular formula is C30H35FN4O4S. The van der Waals surface area contributed by atoms with Gasteiger partial charge in [-0.3, -0.25) is 18.8 Å². The SMILES string of the molecule is CCC(NC(=O)c1cc(F)cc(N(C2CN(C(c3ccc(C)cc3)c3ccc(C)cc3)C2)S(C)(=O)=O)c1)C(N)=O. The Bertz CT molecular complexity index is 1440. The number of benzene rings is 3. The van der Waals surface area contributed by atoms with E-state index >= 15 is 0 Å². The van der Waals surface area contributed by atoms with Crippen LogP contribution in [0.4, 0.5) is 10.1 Å². The summed E-state index contributed by atoms with van der Waals surface area (Å²) in [6.45, 7) is 6.53. The van der Waals surface area contributed by atoms with E-state index in [1.165, 1.54) is 10.4 Å². The maximum absolute atomic E-state index is 14.7. The van der Waals surface area contributed by atoms with E-state index in [1.807, 2.05) is 13.8 Å². The van der Waals surface area contributed by atoms with E-state index in [4.69, 9.17) is 5.73 Å². The highest BCUT2D eigenvalue weighted by atomic mass is 32.2. The average molecular weight is 567 g/mol. The van der Waals surface area contributed by atoms with Gasteiger partial charge in [-0.15, -0.1) is 0 Å². The first-order valence-electron chi connectivity index (χ1n) is 13.1. The molecule has 212 valence electrons. The minimum atomic E-state index is -3.83. The standard InChI is InChI=1S/C30H35FN4O4S/c1-5-27(29(32)36)33-30(37)23-14-24(31)16-25(15-23)35(40(4,38)39)26-17-34(18-26)28(21-10-6-19(2)7-11-21)22-12-8-20(3)9-13-22/h6-16,26-28H,5,17-18H2,1-4H3,(H2,32,36)(H,33,37). The van der Waals surface area contributed by atoms with Crippen LogP contribution in [0.25, 0.3) is 0 Å². The molecule has 1 saturated heterocycles. The summed E-state index contributed by atoms with van der Waals surface area (Å²) in [6.07, 6.45) is 1.33. The Kier molecular flexibility index (Phi) is 8.60. The van der Waals surface area contributed by atoms with Crippen molar-refractivity contribution in [1.29, 1.82) is 0 Å². The summed E-state index contributed by atoms with van der Waals surface area (Å²) >= 11 is 0. The summed E-state index contributed by atoms with van der Waals surface area (Å²) in [6, 6.07) is 18.5. The number of carbonyl (C=O) groups excluding carboxylic acids is 2. The van der Waals surface area contributed by atoms with Crippen LogP contribution in [-0.4, -0.2) is 56.6 Å². The number of hydrogen-bond donors (Lipinski definition) is 2. The number of carbonyl (C=O) groups is 2. The monoisotopic (exact) mass is 566 g/mol. The van der Waals surface area contributed by atoms with Gasteiger partial charge in [0.15, 0.2) is 0 Å². The summed E-state index contributed by atoms with van der Waals surface area (Å²) in [5.41, 5.74) is 9.72. The number of aryl methyl sites for hydroxylation is 2. The van der Waals surface area contributed by atoms with Gasteiger partial charge in [0, 0.05) is 18.7 Å². The van der Waals surface area contributed by atoms with Crippen molar-refractivity contribution < 1.29 is 22.4 Å². The molecule has 4 rings (SSSR count). The molecule has 0 aromatic heterocycles. The van der Waals surface area contributed by atoms with Gasteiger partial charge in [-0.25, -0.2) is 12.8 Å². The molecule has 1 fully saturated rings. The summed E-state index contributed by atoms with van der Waals surface area (Å²) in [7, 11) is -3.83. The average Bonchev–Trinajstić information content (AvgIpc) is 2.86. The fraction of sp³-hybridized carbons (Fsp3) is 0.333. The van der Waals surface area contributed by atoms with Gasteiger partial charge in [-0.1, -0.05) is 66.6 Å². The van der Waals surface area contributed by atoms with Crippen molar-refractivity contribution in [1.82, 2.24) is 10.2 Å². The summed E-state index contributed by atoms with van der Waals surface area (Å²) in [5.74, 6) is -2.19. The van der Waals surface area contributed by atoms with Crippen LogP contribution < -0.4 is 15.4 Å². The molecule has 0 radical (unpaired) electrons. The maximum atomic E-state index is 14.7. The second-order valence-corrected chi connectivity index (χ2v) is 12.3. The van der Waals surface area contributed by atoms with Crippen LogP contribution in [-0.2, 0) is 14.8 Å².